The maximum Gasteiger partial charge on any atom is 0.317 e. The van der Waals surface area contributed by atoms with Gasteiger partial charge in [-0.2, -0.15) is 0 Å². The van der Waals surface area contributed by atoms with Crippen LogP contribution in [0.1, 0.15) is 36.9 Å². The molecule has 1 aromatic carbocycles. The van der Waals surface area contributed by atoms with Gasteiger partial charge in [-0.25, -0.2) is 14.8 Å². The van der Waals surface area contributed by atoms with Crippen LogP contribution in [0.25, 0.3) is 0 Å². The number of amides is 2. The minimum absolute atomic E-state index is 0.0223. The quantitative estimate of drug-likeness (QED) is 0.852. The van der Waals surface area contributed by atoms with E-state index in [4.69, 9.17) is 0 Å². The summed E-state index contributed by atoms with van der Waals surface area (Å²) < 4.78 is 0. The third kappa shape index (κ3) is 5.18. The van der Waals surface area contributed by atoms with Gasteiger partial charge in [-0.05, 0) is 50.5 Å². The molecular formula is C21H29N5O. The van der Waals surface area contributed by atoms with Gasteiger partial charge in [0.25, 0.3) is 0 Å². The number of aromatic nitrogens is 2. The van der Waals surface area contributed by atoms with Crippen LogP contribution in [0, 0.1) is 6.92 Å². The molecule has 1 N–H and O–H groups in total. The molecule has 3 rings (SSSR count). The van der Waals surface area contributed by atoms with E-state index in [1.54, 1.807) is 12.5 Å². The first-order valence-corrected chi connectivity index (χ1v) is 9.77. The van der Waals surface area contributed by atoms with E-state index in [-0.39, 0.29) is 6.03 Å². The number of urea groups is 1. The Morgan fingerprint density at radius 3 is 3.00 bits per heavy atom. The van der Waals surface area contributed by atoms with Crippen molar-refractivity contribution in [2.75, 3.05) is 37.6 Å². The number of anilines is 1. The molecule has 1 saturated heterocycles. The Hall–Kier alpha value is -2.63. The molecule has 2 aromatic rings. The van der Waals surface area contributed by atoms with Gasteiger partial charge in [-0.1, -0.05) is 12.1 Å². The van der Waals surface area contributed by atoms with Gasteiger partial charge in [-0.15, -0.1) is 0 Å². The van der Waals surface area contributed by atoms with Crippen molar-refractivity contribution in [2.45, 2.75) is 32.6 Å². The minimum atomic E-state index is 0.0223. The van der Waals surface area contributed by atoms with Crippen LogP contribution < -0.4 is 10.2 Å². The maximum atomic E-state index is 12.6. The van der Waals surface area contributed by atoms with E-state index in [2.05, 4.69) is 58.3 Å². The van der Waals surface area contributed by atoms with E-state index in [1.807, 2.05) is 11.0 Å². The topological polar surface area (TPSA) is 61.4 Å². The van der Waals surface area contributed by atoms with Crippen LogP contribution in [-0.2, 0) is 0 Å². The van der Waals surface area contributed by atoms with Crippen molar-refractivity contribution in [1.82, 2.24) is 20.2 Å². The fourth-order valence-corrected chi connectivity index (χ4v) is 3.65. The second-order valence-corrected chi connectivity index (χ2v) is 7.07. The number of aryl methyl sites for hydroxylation is 1. The highest BCUT2D eigenvalue weighted by Gasteiger charge is 2.25. The van der Waals surface area contributed by atoms with Crippen LogP contribution in [0.3, 0.4) is 0 Å². The predicted octanol–water partition coefficient (Wildman–Crippen LogP) is 3.20. The third-order valence-electron chi connectivity index (χ3n) is 5.14. The molecule has 0 bridgehead atoms. The molecule has 0 aliphatic carbocycles. The number of benzene rings is 1. The molecule has 0 saturated carbocycles. The molecule has 2 amide bonds. The van der Waals surface area contributed by atoms with Gasteiger partial charge in [0, 0.05) is 56.2 Å². The van der Waals surface area contributed by atoms with Crippen LogP contribution >= 0.6 is 0 Å². The third-order valence-corrected chi connectivity index (χ3v) is 5.14. The average Bonchev–Trinajstić information content (AvgIpc) is 2.72. The average molecular weight is 367 g/mol. The first-order valence-electron chi connectivity index (χ1n) is 9.77. The summed E-state index contributed by atoms with van der Waals surface area (Å²) in [6, 6.07) is 10.5. The largest absolute Gasteiger partial charge is 0.370 e. The molecule has 1 aliphatic heterocycles. The fourth-order valence-electron chi connectivity index (χ4n) is 3.65. The number of nitrogens with one attached hydrogen (secondary N) is 1. The Morgan fingerprint density at radius 1 is 1.37 bits per heavy atom. The van der Waals surface area contributed by atoms with Crippen molar-refractivity contribution in [3.8, 4) is 0 Å². The number of carbonyl (C=O) groups is 1. The van der Waals surface area contributed by atoms with Crippen LogP contribution in [0.2, 0.25) is 0 Å². The van der Waals surface area contributed by atoms with Crippen molar-refractivity contribution in [3.63, 3.8) is 0 Å². The number of hydrogen-bond acceptors (Lipinski definition) is 4. The Labute approximate surface area is 161 Å². The Kier molecular flexibility index (Phi) is 6.63. The van der Waals surface area contributed by atoms with Gasteiger partial charge in [0.05, 0.1) is 0 Å². The lowest BCUT2D eigenvalue weighted by atomic mass is 9.95. The molecule has 1 aromatic heterocycles. The SMILES string of the molecule is CCN(CCNC(=O)N1CCCC(c2ccncn2)C1)c1cccc(C)c1. The number of likely N-dealkylation sites (N-methyl/N-ethyl adjacent to an activating group) is 1. The zero-order valence-electron chi connectivity index (χ0n) is 16.3. The number of hydrogen-bond donors (Lipinski definition) is 1. The number of likely N-dealkylation sites (tertiary alicyclic amines) is 1. The molecule has 1 fully saturated rings. The van der Waals surface area contributed by atoms with Crippen LogP contribution in [-0.4, -0.2) is 53.6 Å². The molecule has 27 heavy (non-hydrogen) atoms. The minimum Gasteiger partial charge on any atom is -0.370 e. The summed E-state index contributed by atoms with van der Waals surface area (Å²) in [4.78, 5) is 25.1. The Bertz CT molecular complexity index is 736. The van der Waals surface area contributed by atoms with Crippen molar-refractivity contribution < 1.29 is 4.79 Å². The summed E-state index contributed by atoms with van der Waals surface area (Å²) in [7, 11) is 0. The van der Waals surface area contributed by atoms with E-state index < -0.39 is 0 Å². The summed E-state index contributed by atoms with van der Waals surface area (Å²) in [5.41, 5.74) is 3.48. The van der Waals surface area contributed by atoms with Crippen molar-refractivity contribution in [2.24, 2.45) is 0 Å². The number of piperidine rings is 1. The maximum absolute atomic E-state index is 12.6. The molecule has 6 nitrogen and oxygen atoms in total. The monoisotopic (exact) mass is 367 g/mol. The van der Waals surface area contributed by atoms with Gasteiger partial charge in [0.15, 0.2) is 0 Å². The van der Waals surface area contributed by atoms with Crippen molar-refractivity contribution >= 4 is 11.7 Å². The summed E-state index contributed by atoms with van der Waals surface area (Å²) in [6.07, 6.45) is 5.43. The highest BCUT2D eigenvalue weighted by Crippen LogP contribution is 2.25. The lowest BCUT2D eigenvalue weighted by molar-refractivity contribution is 0.179. The van der Waals surface area contributed by atoms with Gasteiger partial charge >= 0.3 is 6.03 Å². The number of rotatable bonds is 6. The van der Waals surface area contributed by atoms with Crippen LogP contribution in [0.5, 0.6) is 0 Å². The van der Waals surface area contributed by atoms with Crippen molar-refractivity contribution in [3.05, 3.63) is 54.1 Å². The van der Waals surface area contributed by atoms with Crippen LogP contribution in [0.4, 0.5) is 10.5 Å². The van der Waals surface area contributed by atoms with E-state index in [1.165, 1.54) is 11.3 Å². The summed E-state index contributed by atoms with van der Waals surface area (Å²) >= 11 is 0. The first kappa shape index (κ1) is 19.1. The van der Waals surface area contributed by atoms with Crippen molar-refractivity contribution in [1.29, 1.82) is 0 Å². The van der Waals surface area contributed by atoms with E-state index >= 15 is 0 Å². The van der Waals surface area contributed by atoms with E-state index in [0.29, 0.717) is 12.5 Å². The Morgan fingerprint density at radius 2 is 2.26 bits per heavy atom. The first-order chi connectivity index (χ1) is 13.2. The molecule has 2 heterocycles. The highest BCUT2D eigenvalue weighted by atomic mass is 16.2. The Balaban J connectivity index is 1.50. The molecular weight excluding hydrogens is 338 g/mol. The second kappa shape index (κ2) is 9.35. The lowest BCUT2D eigenvalue weighted by Gasteiger charge is -2.32. The van der Waals surface area contributed by atoms with E-state index in [9.17, 15) is 4.79 Å². The predicted molar refractivity (Wildman–Crippen MR) is 108 cm³/mol. The molecule has 144 valence electrons. The van der Waals surface area contributed by atoms with Gasteiger partial charge in [-0.3, -0.25) is 0 Å². The zero-order valence-corrected chi connectivity index (χ0v) is 16.3. The summed E-state index contributed by atoms with van der Waals surface area (Å²) in [6.45, 7) is 8.12. The lowest BCUT2D eigenvalue weighted by Crippen LogP contribution is -2.47. The smallest absolute Gasteiger partial charge is 0.317 e. The van der Waals surface area contributed by atoms with Crippen LogP contribution in [0.15, 0.2) is 42.9 Å². The zero-order chi connectivity index (χ0) is 19.1. The standard InChI is InChI=1S/C21H29N5O/c1-3-25(19-8-4-6-17(2)14-19)13-11-23-21(27)26-12-5-7-18(15-26)20-9-10-22-16-24-20/h4,6,8-10,14,16,18H,3,5,7,11-13,15H2,1-2H3,(H,23,27). The highest BCUT2D eigenvalue weighted by molar-refractivity contribution is 5.74. The second-order valence-electron chi connectivity index (χ2n) is 7.07. The molecule has 0 radical (unpaired) electrons. The van der Waals surface area contributed by atoms with Gasteiger partial charge in [0.1, 0.15) is 6.33 Å². The summed E-state index contributed by atoms with van der Waals surface area (Å²) in [5, 5.41) is 3.09. The van der Waals surface area contributed by atoms with Gasteiger partial charge < -0.3 is 15.1 Å². The summed E-state index contributed by atoms with van der Waals surface area (Å²) in [5.74, 6) is 0.298. The molecule has 1 aliphatic rings. The normalized spacial score (nSPS) is 16.8. The van der Waals surface area contributed by atoms with Gasteiger partial charge in [0.2, 0.25) is 0 Å². The van der Waals surface area contributed by atoms with E-state index in [0.717, 1.165) is 44.7 Å². The molecule has 1 unspecified atom stereocenters. The number of carbonyl (C=O) groups excluding carboxylic acids is 1. The fraction of sp³-hybridized carbons (Fsp3) is 0.476. The molecule has 0 spiro atoms. The molecule has 6 heteroatoms. The number of nitrogens with zero attached hydrogens (tertiary/aromatic N) is 4. The molecule has 1 atom stereocenters.